The van der Waals surface area contributed by atoms with Crippen molar-refractivity contribution in [2.75, 3.05) is 23.7 Å². The first kappa shape index (κ1) is 17.9. The molecule has 3 aromatic rings. The van der Waals surface area contributed by atoms with Gasteiger partial charge in [0, 0.05) is 36.9 Å². The Morgan fingerprint density at radius 2 is 2.11 bits per heavy atom. The third kappa shape index (κ3) is 3.67. The molecular formula is C15H15F3N6O2S. The van der Waals surface area contributed by atoms with Gasteiger partial charge in [-0.3, -0.25) is 0 Å². The second-order valence-corrected chi connectivity index (χ2v) is 8.15. The van der Waals surface area contributed by atoms with Gasteiger partial charge in [0.1, 0.15) is 5.82 Å². The van der Waals surface area contributed by atoms with Gasteiger partial charge in [-0.15, -0.1) is 10.2 Å². The third-order valence-corrected chi connectivity index (χ3v) is 5.75. The highest BCUT2D eigenvalue weighted by atomic mass is 32.2. The average molecular weight is 400 g/mol. The quantitative estimate of drug-likeness (QED) is 0.689. The van der Waals surface area contributed by atoms with Crippen LogP contribution >= 0.6 is 0 Å². The van der Waals surface area contributed by atoms with Gasteiger partial charge in [0.25, 0.3) is 0 Å². The van der Waals surface area contributed by atoms with Gasteiger partial charge in [-0.05, 0) is 18.6 Å². The summed E-state index contributed by atoms with van der Waals surface area (Å²) in [5, 5.41) is 9.82. The van der Waals surface area contributed by atoms with E-state index in [1.165, 1.54) is 0 Å². The van der Waals surface area contributed by atoms with E-state index in [1.54, 1.807) is 18.5 Å². The molecule has 1 unspecified atom stereocenters. The van der Waals surface area contributed by atoms with Crippen LogP contribution < -0.4 is 9.62 Å². The summed E-state index contributed by atoms with van der Waals surface area (Å²) >= 11 is 0. The number of sulfonamides is 1. The number of nitrogens with zero attached hydrogens (tertiary/aromatic N) is 4. The van der Waals surface area contributed by atoms with E-state index in [0.717, 1.165) is 10.8 Å². The Morgan fingerprint density at radius 1 is 1.30 bits per heavy atom. The number of rotatable bonds is 4. The molecule has 4 rings (SSSR count). The topological polar surface area (TPSA) is 104 Å². The highest BCUT2D eigenvalue weighted by Gasteiger charge is 2.37. The third-order valence-electron chi connectivity index (χ3n) is 4.35. The van der Waals surface area contributed by atoms with Crippen molar-refractivity contribution in [3.8, 4) is 0 Å². The number of alkyl halides is 3. The van der Waals surface area contributed by atoms with Crippen molar-refractivity contribution in [3.63, 3.8) is 0 Å². The molecule has 0 spiro atoms. The van der Waals surface area contributed by atoms with Crippen LogP contribution in [0.25, 0.3) is 21.9 Å². The lowest BCUT2D eigenvalue weighted by atomic mass is 10.2. The average Bonchev–Trinajstić information content (AvgIpc) is 3.20. The highest BCUT2D eigenvalue weighted by Crippen LogP contribution is 2.31. The molecule has 144 valence electrons. The molecule has 1 aliphatic heterocycles. The number of hydrogen-bond donors (Lipinski definition) is 2. The Balaban J connectivity index is 1.60. The summed E-state index contributed by atoms with van der Waals surface area (Å²) in [6.45, 7) is 0.678. The fourth-order valence-electron chi connectivity index (χ4n) is 3.33. The smallest absolute Gasteiger partial charge is 0.354 e. The predicted molar refractivity (Wildman–Crippen MR) is 92.8 cm³/mol. The van der Waals surface area contributed by atoms with Crippen molar-refractivity contribution in [1.82, 2.24) is 24.9 Å². The number of fused-ring (bicyclic) bond motifs is 3. The van der Waals surface area contributed by atoms with Gasteiger partial charge < -0.3 is 9.88 Å². The molecule has 0 bridgehead atoms. The number of hydrogen-bond acceptors (Lipinski definition) is 6. The molecule has 1 saturated heterocycles. The van der Waals surface area contributed by atoms with Crippen molar-refractivity contribution in [2.45, 2.75) is 18.6 Å². The van der Waals surface area contributed by atoms with Gasteiger partial charge in [0.15, 0.2) is 11.4 Å². The zero-order chi connectivity index (χ0) is 19.2. The lowest BCUT2D eigenvalue weighted by molar-refractivity contribution is -0.106. The van der Waals surface area contributed by atoms with E-state index < -0.39 is 28.0 Å². The van der Waals surface area contributed by atoms with Crippen LogP contribution in [0.5, 0.6) is 0 Å². The molecule has 3 aromatic heterocycles. The molecule has 0 amide bonds. The van der Waals surface area contributed by atoms with Crippen LogP contribution in [-0.2, 0) is 10.0 Å². The minimum Gasteiger partial charge on any atom is -0.354 e. The molecular weight excluding hydrogens is 385 g/mol. The van der Waals surface area contributed by atoms with Crippen LogP contribution in [0.15, 0.2) is 24.5 Å². The highest BCUT2D eigenvalue weighted by molar-refractivity contribution is 7.89. The molecule has 1 aliphatic rings. The molecule has 0 aliphatic carbocycles. The lowest BCUT2D eigenvalue weighted by Crippen LogP contribution is -2.41. The van der Waals surface area contributed by atoms with Crippen LogP contribution in [0.4, 0.5) is 19.0 Å². The van der Waals surface area contributed by atoms with Crippen molar-refractivity contribution >= 4 is 37.8 Å². The number of H-pyrrole nitrogens is 1. The van der Waals surface area contributed by atoms with E-state index in [2.05, 4.69) is 24.9 Å². The van der Waals surface area contributed by atoms with Gasteiger partial charge in [-0.25, -0.2) is 18.1 Å². The van der Waals surface area contributed by atoms with Crippen LogP contribution in [0.2, 0.25) is 0 Å². The van der Waals surface area contributed by atoms with Crippen LogP contribution in [0.1, 0.15) is 6.42 Å². The van der Waals surface area contributed by atoms with E-state index in [0.29, 0.717) is 29.9 Å². The number of aromatic amines is 1. The first-order chi connectivity index (χ1) is 12.7. The summed E-state index contributed by atoms with van der Waals surface area (Å²) in [7, 11) is -4.45. The summed E-state index contributed by atoms with van der Waals surface area (Å²) in [5.41, 5.74) is 1.23. The standard InChI is InChI=1S/C15H15F3N6O2S/c16-15(17,18)8-27(25,26)23-9-3-6-24(7-9)14-12-10-1-4-19-13(10)22-21-11(12)2-5-20-14/h1-2,4-5,9,23H,3,6-8H2,(H,19,22). The number of anilines is 1. The number of aromatic nitrogens is 4. The maximum atomic E-state index is 12.4. The summed E-state index contributed by atoms with van der Waals surface area (Å²) in [6, 6.07) is 2.94. The van der Waals surface area contributed by atoms with Crippen LogP contribution in [0.3, 0.4) is 0 Å². The Labute approximate surface area is 151 Å². The van der Waals surface area contributed by atoms with E-state index in [4.69, 9.17) is 0 Å². The van der Waals surface area contributed by atoms with E-state index in [-0.39, 0.29) is 6.54 Å². The van der Waals surface area contributed by atoms with Crippen molar-refractivity contribution in [3.05, 3.63) is 24.5 Å². The molecule has 1 atom stereocenters. The minimum atomic E-state index is -4.78. The lowest BCUT2D eigenvalue weighted by Gasteiger charge is -2.20. The molecule has 12 heteroatoms. The first-order valence-corrected chi connectivity index (χ1v) is 9.77. The first-order valence-electron chi connectivity index (χ1n) is 8.12. The Kier molecular flexibility index (Phi) is 4.18. The monoisotopic (exact) mass is 400 g/mol. The number of pyridine rings is 1. The molecule has 0 radical (unpaired) electrons. The molecule has 27 heavy (non-hydrogen) atoms. The van der Waals surface area contributed by atoms with Crippen molar-refractivity contribution in [2.24, 2.45) is 0 Å². The van der Waals surface area contributed by atoms with Gasteiger partial charge >= 0.3 is 6.18 Å². The molecule has 2 N–H and O–H groups in total. The molecule has 4 heterocycles. The number of nitrogens with one attached hydrogen (secondary N) is 2. The Hall–Kier alpha value is -2.47. The SMILES string of the molecule is O=S(=O)(CC(F)(F)F)NC1CCN(c2nccc3nnc4[nH]ccc4c23)C1. The molecule has 0 saturated carbocycles. The maximum absolute atomic E-state index is 12.4. The Morgan fingerprint density at radius 3 is 2.89 bits per heavy atom. The van der Waals surface area contributed by atoms with Crippen molar-refractivity contribution in [1.29, 1.82) is 0 Å². The molecule has 8 nitrogen and oxygen atoms in total. The fourth-order valence-corrected chi connectivity index (χ4v) is 4.55. The van der Waals surface area contributed by atoms with Gasteiger partial charge in [-0.1, -0.05) is 0 Å². The molecule has 1 fully saturated rings. The van der Waals surface area contributed by atoms with E-state index >= 15 is 0 Å². The predicted octanol–water partition coefficient (Wildman–Crippen LogP) is 1.57. The van der Waals surface area contributed by atoms with E-state index in [1.807, 2.05) is 11.0 Å². The van der Waals surface area contributed by atoms with Crippen LogP contribution in [0, 0.1) is 0 Å². The second-order valence-electron chi connectivity index (χ2n) is 6.39. The zero-order valence-corrected chi connectivity index (χ0v) is 14.7. The Bertz CT molecular complexity index is 1100. The largest absolute Gasteiger partial charge is 0.404 e. The van der Waals surface area contributed by atoms with Gasteiger partial charge in [0.2, 0.25) is 10.0 Å². The summed E-state index contributed by atoms with van der Waals surface area (Å²) in [4.78, 5) is 9.21. The zero-order valence-electron chi connectivity index (χ0n) is 13.9. The summed E-state index contributed by atoms with van der Waals surface area (Å²) < 4.78 is 62.8. The summed E-state index contributed by atoms with van der Waals surface area (Å²) in [5.74, 6) is -1.28. The second kappa shape index (κ2) is 6.30. The maximum Gasteiger partial charge on any atom is 0.404 e. The molecule has 0 aromatic carbocycles. The fraction of sp³-hybridized carbons (Fsp3) is 0.400. The van der Waals surface area contributed by atoms with E-state index in [9.17, 15) is 21.6 Å². The van der Waals surface area contributed by atoms with Gasteiger partial charge in [0.05, 0.1) is 10.9 Å². The normalized spacial score (nSPS) is 18.6. The minimum absolute atomic E-state index is 0.220. The van der Waals surface area contributed by atoms with Crippen LogP contribution in [-0.4, -0.2) is 59.6 Å². The van der Waals surface area contributed by atoms with Gasteiger partial charge in [-0.2, -0.15) is 13.2 Å². The summed E-state index contributed by atoms with van der Waals surface area (Å²) in [6.07, 6.45) is -1.09. The number of halogens is 3. The van der Waals surface area contributed by atoms with Crippen molar-refractivity contribution < 1.29 is 21.6 Å².